The maximum Gasteiger partial charge on any atom is 0.119 e. The fourth-order valence-electron chi connectivity index (χ4n) is 0.760. The van der Waals surface area contributed by atoms with Gasteiger partial charge < -0.3 is 9.47 Å². The van der Waals surface area contributed by atoms with Crippen LogP contribution < -0.4 is 4.74 Å². The van der Waals surface area contributed by atoms with E-state index in [2.05, 4.69) is 0 Å². The molecule has 0 N–H and O–H groups in total. The van der Waals surface area contributed by atoms with Crippen molar-refractivity contribution in [2.24, 2.45) is 0 Å². The van der Waals surface area contributed by atoms with Crippen LogP contribution >= 0.6 is 0 Å². The van der Waals surface area contributed by atoms with E-state index in [1.54, 1.807) is 7.11 Å². The second-order valence-corrected chi connectivity index (χ2v) is 2.15. The van der Waals surface area contributed by atoms with Crippen molar-refractivity contribution in [3.63, 3.8) is 0 Å². The van der Waals surface area contributed by atoms with Crippen molar-refractivity contribution in [2.45, 2.75) is 0 Å². The van der Waals surface area contributed by atoms with Crippen LogP contribution in [0.25, 0.3) is 0 Å². The molecule has 0 heterocycles. The molecule has 1 rings (SSSR count). The SMILES string of the molecule is COCCOc1ccccc1.[K]. The molecule has 1 aromatic carbocycles. The minimum atomic E-state index is 0. The van der Waals surface area contributed by atoms with E-state index in [4.69, 9.17) is 9.47 Å². The molecule has 0 aromatic heterocycles. The van der Waals surface area contributed by atoms with Gasteiger partial charge in [0.05, 0.1) is 6.61 Å². The van der Waals surface area contributed by atoms with Crippen LogP contribution in [-0.2, 0) is 4.74 Å². The number of rotatable bonds is 4. The molecule has 0 aliphatic rings. The molecule has 0 amide bonds. The number of benzene rings is 1. The van der Waals surface area contributed by atoms with Gasteiger partial charge in [-0.25, -0.2) is 0 Å². The molecule has 0 atom stereocenters. The Labute approximate surface area is 116 Å². The van der Waals surface area contributed by atoms with Crippen molar-refractivity contribution in [2.75, 3.05) is 20.3 Å². The van der Waals surface area contributed by atoms with Gasteiger partial charge in [0.2, 0.25) is 0 Å². The van der Waals surface area contributed by atoms with Crippen molar-refractivity contribution >= 4 is 51.4 Å². The first-order valence-electron chi connectivity index (χ1n) is 3.60. The zero-order valence-electron chi connectivity index (χ0n) is 7.62. The van der Waals surface area contributed by atoms with Crippen LogP contribution in [0.5, 0.6) is 5.75 Å². The first-order valence-corrected chi connectivity index (χ1v) is 3.60. The smallest absolute Gasteiger partial charge is 0.119 e. The summed E-state index contributed by atoms with van der Waals surface area (Å²) in [6.45, 7) is 1.25. The van der Waals surface area contributed by atoms with Crippen LogP contribution in [0.2, 0.25) is 0 Å². The molecule has 3 heteroatoms. The summed E-state index contributed by atoms with van der Waals surface area (Å²) >= 11 is 0. The quantitative estimate of drug-likeness (QED) is 0.528. The predicted molar refractivity (Wildman–Crippen MR) is 49.6 cm³/mol. The average Bonchev–Trinajstić information content (AvgIpc) is 2.07. The maximum atomic E-state index is 5.32. The van der Waals surface area contributed by atoms with Gasteiger partial charge in [0.25, 0.3) is 0 Å². The molecule has 0 bridgehead atoms. The van der Waals surface area contributed by atoms with Crippen molar-refractivity contribution in [1.82, 2.24) is 0 Å². The normalized spacial score (nSPS) is 8.75. The third-order valence-electron chi connectivity index (χ3n) is 1.30. The van der Waals surface area contributed by atoms with E-state index in [9.17, 15) is 0 Å². The standard InChI is InChI=1S/C9H12O2.K/c1-10-7-8-11-9-5-3-2-4-6-9;/h2-6H,7-8H2,1H3;. The van der Waals surface area contributed by atoms with E-state index in [0.717, 1.165) is 5.75 Å². The van der Waals surface area contributed by atoms with Gasteiger partial charge in [0.15, 0.2) is 0 Å². The third-order valence-corrected chi connectivity index (χ3v) is 1.30. The van der Waals surface area contributed by atoms with E-state index in [-0.39, 0.29) is 51.4 Å². The van der Waals surface area contributed by atoms with Crippen LogP contribution in [0.3, 0.4) is 0 Å². The maximum absolute atomic E-state index is 5.32. The van der Waals surface area contributed by atoms with E-state index < -0.39 is 0 Å². The molecular formula is C9H12KO2. The first-order chi connectivity index (χ1) is 5.43. The Morgan fingerprint density at radius 3 is 2.33 bits per heavy atom. The molecule has 61 valence electrons. The van der Waals surface area contributed by atoms with Gasteiger partial charge in [-0.15, -0.1) is 0 Å². The minimum absolute atomic E-state index is 0. The van der Waals surface area contributed by atoms with Crippen LogP contribution in [0.1, 0.15) is 0 Å². The Hall–Kier alpha value is 0.616. The van der Waals surface area contributed by atoms with Crippen LogP contribution in [0.15, 0.2) is 30.3 Å². The van der Waals surface area contributed by atoms with E-state index in [1.807, 2.05) is 30.3 Å². The molecule has 0 saturated carbocycles. The monoisotopic (exact) mass is 191 g/mol. The average molecular weight is 191 g/mol. The zero-order chi connectivity index (χ0) is 7.94. The van der Waals surface area contributed by atoms with Crippen molar-refractivity contribution in [3.05, 3.63) is 30.3 Å². The summed E-state index contributed by atoms with van der Waals surface area (Å²) in [6.07, 6.45) is 0. The van der Waals surface area contributed by atoms with E-state index >= 15 is 0 Å². The molecule has 0 aliphatic carbocycles. The van der Waals surface area contributed by atoms with Crippen molar-refractivity contribution < 1.29 is 9.47 Å². The number of para-hydroxylation sites is 1. The summed E-state index contributed by atoms with van der Waals surface area (Å²) in [7, 11) is 1.66. The van der Waals surface area contributed by atoms with Gasteiger partial charge in [-0.3, -0.25) is 0 Å². The molecule has 2 nitrogen and oxygen atoms in total. The summed E-state index contributed by atoms with van der Waals surface area (Å²) < 4.78 is 10.2. The number of methoxy groups -OCH3 is 1. The van der Waals surface area contributed by atoms with Gasteiger partial charge >= 0.3 is 0 Å². The molecule has 0 fully saturated rings. The Bertz CT molecular complexity index is 189. The van der Waals surface area contributed by atoms with Gasteiger partial charge in [-0.2, -0.15) is 0 Å². The van der Waals surface area contributed by atoms with E-state index in [0.29, 0.717) is 13.2 Å². The Morgan fingerprint density at radius 2 is 1.75 bits per heavy atom. The second kappa shape index (κ2) is 8.23. The predicted octanol–water partition coefficient (Wildman–Crippen LogP) is 1.33. The number of ether oxygens (including phenoxy) is 2. The topological polar surface area (TPSA) is 18.5 Å². The summed E-state index contributed by atoms with van der Waals surface area (Å²) in [4.78, 5) is 0. The molecule has 0 unspecified atom stereocenters. The van der Waals surface area contributed by atoms with Gasteiger partial charge in [-0.1, -0.05) is 18.2 Å². The van der Waals surface area contributed by atoms with Crippen LogP contribution in [-0.4, -0.2) is 71.7 Å². The Morgan fingerprint density at radius 1 is 1.08 bits per heavy atom. The fourth-order valence-corrected chi connectivity index (χ4v) is 0.760. The molecule has 1 radical (unpaired) electrons. The molecule has 12 heavy (non-hydrogen) atoms. The molecule has 0 aliphatic heterocycles. The van der Waals surface area contributed by atoms with Crippen molar-refractivity contribution in [1.29, 1.82) is 0 Å². The Balaban J connectivity index is 0.00000121. The number of hydrogen-bond donors (Lipinski definition) is 0. The van der Waals surface area contributed by atoms with Gasteiger partial charge in [0, 0.05) is 58.5 Å². The third kappa shape index (κ3) is 5.30. The molecular weight excluding hydrogens is 179 g/mol. The van der Waals surface area contributed by atoms with Crippen molar-refractivity contribution in [3.8, 4) is 5.75 Å². The number of hydrogen-bond acceptors (Lipinski definition) is 2. The molecule has 1 aromatic rings. The second-order valence-electron chi connectivity index (χ2n) is 2.15. The van der Waals surface area contributed by atoms with E-state index in [1.165, 1.54) is 0 Å². The van der Waals surface area contributed by atoms with Crippen LogP contribution in [0, 0.1) is 0 Å². The van der Waals surface area contributed by atoms with Crippen LogP contribution in [0.4, 0.5) is 0 Å². The first kappa shape index (κ1) is 12.6. The summed E-state index contributed by atoms with van der Waals surface area (Å²) in [6, 6.07) is 9.71. The zero-order valence-corrected chi connectivity index (χ0v) is 10.7. The van der Waals surface area contributed by atoms with Gasteiger partial charge in [0.1, 0.15) is 12.4 Å². The molecule has 0 spiro atoms. The fraction of sp³-hybridized carbons (Fsp3) is 0.333. The summed E-state index contributed by atoms with van der Waals surface area (Å²) in [5.74, 6) is 0.893. The van der Waals surface area contributed by atoms with Gasteiger partial charge in [-0.05, 0) is 12.1 Å². The summed E-state index contributed by atoms with van der Waals surface area (Å²) in [5, 5.41) is 0. The molecule has 0 saturated heterocycles. The minimum Gasteiger partial charge on any atom is -0.491 e. The Kier molecular flexibility index (Phi) is 8.65. The summed E-state index contributed by atoms with van der Waals surface area (Å²) in [5.41, 5.74) is 0. The largest absolute Gasteiger partial charge is 0.491 e.